The van der Waals surface area contributed by atoms with Crippen molar-refractivity contribution < 1.29 is 4.79 Å². The van der Waals surface area contributed by atoms with Gasteiger partial charge in [0.1, 0.15) is 0 Å². The predicted octanol–water partition coefficient (Wildman–Crippen LogP) is 5.09. The van der Waals surface area contributed by atoms with Crippen molar-refractivity contribution in [2.75, 3.05) is 11.1 Å². The van der Waals surface area contributed by atoms with Crippen LogP contribution < -0.4 is 5.32 Å². The van der Waals surface area contributed by atoms with E-state index < -0.39 is 0 Å². The van der Waals surface area contributed by atoms with Crippen molar-refractivity contribution in [1.82, 2.24) is 0 Å². The normalized spacial score (nSPS) is 15.3. The second kappa shape index (κ2) is 6.42. The molecule has 3 rings (SSSR count). The highest BCUT2D eigenvalue weighted by atomic mass is 35.5. The second-order valence-electron chi connectivity index (χ2n) is 5.02. The molecule has 21 heavy (non-hydrogen) atoms. The number of fused-ring (bicyclic) bond motifs is 1. The lowest BCUT2D eigenvalue weighted by atomic mass is 10.1. The fourth-order valence-electron chi connectivity index (χ4n) is 2.40. The molecule has 2 aromatic rings. The van der Waals surface area contributed by atoms with Crippen molar-refractivity contribution in [3.05, 3.63) is 51.2 Å². The van der Waals surface area contributed by atoms with Gasteiger partial charge in [-0.1, -0.05) is 18.2 Å². The number of hydrogen-bond donors (Lipinski definition) is 1. The first kappa shape index (κ1) is 14.9. The average Bonchev–Trinajstić information content (AvgIpc) is 2.91. The summed E-state index contributed by atoms with van der Waals surface area (Å²) in [4.78, 5) is 14.6. The molecular weight excluding hydrogens is 322 g/mol. The number of anilines is 1. The van der Waals surface area contributed by atoms with Gasteiger partial charge in [-0.05, 0) is 42.4 Å². The SMILES string of the molecule is CC(Cl)c1ccccc1NC(=O)c1cc2c(s1)CCSC2. The molecule has 0 saturated heterocycles. The quantitative estimate of drug-likeness (QED) is 0.790. The number of alkyl halides is 1. The largest absolute Gasteiger partial charge is 0.321 e. The van der Waals surface area contributed by atoms with E-state index >= 15 is 0 Å². The van der Waals surface area contributed by atoms with Gasteiger partial charge in [-0.2, -0.15) is 11.8 Å². The smallest absolute Gasteiger partial charge is 0.265 e. The van der Waals surface area contributed by atoms with E-state index in [1.54, 1.807) is 11.3 Å². The molecule has 1 amide bonds. The second-order valence-corrected chi connectivity index (χ2v) is 7.92. The molecular formula is C16H16ClNOS2. The third-order valence-electron chi connectivity index (χ3n) is 3.49. The number of nitrogens with one attached hydrogen (secondary N) is 1. The highest BCUT2D eigenvalue weighted by Crippen LogP contribution is 2.33. The molecule has 1 atom stereocenters. The van der Waals surface area contributed by atoms with Crippen molar-refractivity contribution in [2.24, 2.45) is 0 Å². The number of rotatable bonds is 3. The minimum atomic E-state index is -0.130. The predicted molar refractivity (Wildman–Crippen MR) is 92.8 cm³/mol. The Bertz CT molecular complexity index is 643. The van der Waals surface area contributed by atoms with E-state index in [0.29, 0.717) is 0 Å². The van der Waals surface area contributed by atoms with Gasteiger partial charge < -0.3 is 5.32 Å². The molecule has 1 N–H and O–H groups in total. The number of halogens is 1. The number of para-hydroxylation sites is 1. The van der Waals surface area contributed by atoms with Gasteiger partial charge in [-0.25, -0.2) is 0 Å². The van der Waals surface area contributed by atoms with E-state index in [9.17, 15) is 4.79 Å². The Morgan fingerprint density at radius 2 is 2.19 bits per heavy atom. The summed E-state index contributed by atoms with van der Waals surface area (Å²) < 4.78 is 0. The Morgan fingerprint density at radius 3 is 2.95 bits per heavy atom. The Labute approximate surface area is 137 Å². The number of hydrogen-bond acceptors (Lipinski definition) is 3. The average molecular weight is 338 g/mol. The fourth-order valence-corrected chi connectivity index (χ4v) is 4.86. The fraction of sp³-hybridized carbons (Fsp3) is 0.312. The third kappa shape index (κ3) is 3.28. The number of aryl methyl sites for hydroxylation is 1. The molecule has 1 unspecified atom stereocenters. The van der Waals surface area contributed by atoms with Crippen LogP contribution >= 0.6 is 34.7 Å². The summed E-state index contributed by atoms with van der Waals surface area (Å²) in [6.45, 7) is 1.91. The topological polar surface area (TPSA) is 29.1 Å². The summed E-state index contributed by atoms with van der Waals surface area (Å²) in [5.41, 5.74) is 3.07. The van der Waals surface area contributed by atoms with E-state index in [0.717, 1.165) is 34.1 Å². The molecule has 5 heteroatoms. The number of thiophene rings is 1. The molecule has 0 bridgehead atoms. The molecule has 110 valence electrons. The van der Waals surface area contributed by atoms with E-state index in [-0.39, 0.29) is 11.3 Å². The van der Waals surface area contributed by atoms with Gasteiger partial charge >= 0.3 is 0 Å². The summed E-state index contributed by atoms with van der Waals surface area (Å²) in [5.74, 6) is 2.14. The lowest BCUT2D eigenvalue weighted by molar-refractivity contribution is 0.103. The van der Waals surface area contributed by atoms with Crippen molar-refractivity contribution in [3.63, 3.8) is 0 Å². The van der Waals surface area contributed by atoms with Gasteiger partial charge in [0.2, 0.25) is 0 Å². The third-order valence-corrected chi connectivity index (χ3v) is 5.97. The number of carbonyl (C=O) groups is 1. The van der Waals surface area contributed by atoms with Gasteiger partial charge in [0, 0.05) is 16.3 Å². The van der Waals surface area contributed by atoms with Crippen LogP contribution in [0.3, 0.4) is 0 Å². The Balaban J connectivity index is 1.82. The van der Waals surface area contributed by atoms with Crippen LogP contribution in [0.5, 0.6) is 0 Å². The molecule has 0 aliphatic carbocycles. The van der Waals surface area contributed by atoms with Gasteiger partial charge in [-0.3, -0.25) is 4.79 Å². The highest BCUT2D eigenvalue weighted by molar-refractivity contribution is 7.98. The molecule has 0 spiro atoms. The van der Waals surface area contributed by atoms with E-state index in [4.69, 9.17) is 11.6 Å². The van der Waals surface area contributed by atoms with Gasteiger partial charge in [-0.15, -0.1) is 22.9 Å². The summed E-state index contributed by atoms with van der Waals surface area (Å²) in [7, 11) is 0. The van der Waals surface area contributed by atoms with Gasteiger partial charge in [0.05, 0.1) is 10.3 Å². The number of thioether (sulfide) groups is 1. The molecule has 1 aromatic heterocycles. The molecule has 1 aliphatic heterocycles. The zero-order chi connectivity index (χ0) is 14.8. The molecule has 0 radical (unpaired) electrons. The maximum Gasteiger partial charge on any atom is 0.265 e. The molecule has 2 heterocycles. The first-order valence-corrected chi connectivity index (χ1v) is 9.29. The van der Waals surface area contributed by atoms with Crippen LogP contribution in [0, 0.1) is 0 Å². The first-order chi connectivity index (χ1) is 10.1. The summed E-state index contributed by atoms with van der Waals surface area (Å²) >= 11 is 9.72. The minimum Gasteiger partial charge on any atom is -0.321 e. The van der Waals surface area contributed by atoms with E-state index in [1.807, 2.05) is 49.0 Å². The van der Waals surface area contributed by atoms with Crippen molar-refractivity contribution in [1.29, 1.82) is 0 Å². The van der Waals surface area contributed by atoms with Crippen molar-refractivity contribution >= 4 is 46.3 Å². The van der Waals surface area contributed by atoms with Crippen LogP contribution in [0.25, 0.3) is 0 Å². The van der Waals surface area contributed by atoms with Crippen LogP contribution in [0.15, 0.2) is 30.3 Å². The van der Waals surface area contributed by atoms with Crippen molar-refractivity contribution in [3.8, 4) is 0 Å². The standard InChI is InChI=1S/C16H16ClNOS2/c1-10(17)12-4-2-3-5-13(12)18-16(19)15-8-11-9-20-7-6-14(11)21-15/h2-5,8,10H,6-7,9H2,1H3,(H,18,19). The maximum atomic E-state index is 12.5. The first-order valence-electron chi connectivity index (χ1n) is 6.89. The molecule has 1 aromatic carbocycles. The Morgan fingerprint density at radius 1 is 1.38 bits per heavy atom. The monoisotopic (exact) mass is 337 g/mol. The summed E-state index contributed by atoms with van der Waals surface area (Å²) in [6, 6.07) is 9.73. The van der Waals surface area contributed by atoms with Gasteiger partial charge in [0.25, 0.3) is 5.91 Å². The van der Waals surface area contributed by atoms with E-state index in [2.05, 4.69) is 5.32 Å². The molecule has 2 nitrogen and oxygen atoms in total. The number of carbonyl (C=O) groups excluding carboxylic acids is 1. The Kier molecular flexibility index (Phi) is 4.57. The zero-order valence-electron chi connectivity index (χ0n) is 11.7. The van der Waals surface area contributed by atoms with Crippen LogP contribution in [-0.4, -0.2) is 11.7 Å². The maximum absolute atomic E-state index is 12.5. The molecule has 0 fully saturated rings. The minimum absolute atomic E-state index is 0.0378. The number of benzene rings is 1. The highest BCUT2D eigenvalue weighted by Gasteiger charge is 2.18. The molecule has 1 aliphatic rings. The zero-order valence-corrected chi connectivity index (χ0v) is 14.1. The molecule has 0 saturated carbocycles. The van der Waals surface area contributed by atoms with Crippen molar-refractivity contribution in [2.45, 2.75) is 24.5 Å². The van der Waals surface area contributed by atoms with Crippen LogP contribution in [-0.2, 0) is 12.2 Å². The summed E-state index contributed by atoms with van der Waals surface area (Å²) in [5, 5.41) is 2.87. The lowest BCUT2D eigenvalue weighted by Crippen LogP contribution is -2.12. The van der Waals surface area contributed by atoms with Crippen LogP contribution in [0.2, 0.25) is 0 Å². The van der Waals surface area contributed by atoms with Gasteiger partial charge in [0.15, 0.2) is 0 Å². The number of amides is 1. The summed E-state index contributed by atoms with van der Waals surface area (Å²) in [6.07, 6.45) is 1.08. The van der Waals surface area contributed by atoms with E-state index in [1.165, 1.54) is 10.4 Å². The lowest BCUT2D eigenvalue weighted by Gasteiger charge is -2.11. The Hall–Kier alpha value is -0.970. The van der Waals surface area contributed by atoms with Crippen LogP contribution in [0.1, 0.15) is 38.0 Å². The van der Waals surface area contributed by atoms with Crippen LogP contribution in [0.4, 0.5) is 5.69 Å².